The first-order valence-corrected chi connectivity index (χ1v) is 8.57. The molecule has 0 spiro atoms. The minimum absolute atomic E-state index is 0.151. The van der Waals surface area contributed by atoms with Gasteiger partial charge < -0.3 is 20.4 Å². The number of aliphatic carboxylic acids is 2. The van der Waals surface area contributed by atoms with Crippen molar-refractivity contribution in [1.82, 2.24) is 0 Å². The Labute approximate surface area is 159 Å². The number of rotatable bonds is 4. The predicted octanol–water partition coefficient (Wildman–Crippen LogP) is 4.39. The fourth-order valence-electron chi connectivity index (χ4n) is 1.92. The average molecular weight is 376 g/mol. The van der Waals surface area contributed by atoms with Gasteiger partial charge in [0.15, 0.2) is 0 Å². The van der Waals surface area contributed by atoms with Crippen molar-refractivity contribution in [3.05, 3.63) is 59.7 Å². The van der Waals surface area contributed by atoms with Gasteiger partial charge in [0.1, 0.15) is 11.5 Å². The molecule has 2 rings (SSSR count). The number of aromatic hydroxyl groups is 2. The van der Waals surface area contributed by atoms with Crippen LogP contribution in [0.25, 0.3) is 0 Å². The van der Waals surface area contributed by atoms with Gasteiger partial charge in [0.2, 0.25) is 0 Å². The maximum absolute atomic E-state index is 9.37. The fourth-order valence-corrected chi connectivity index (χ4v) is 1.92. The molecule has 2 aromatic rings. The number of phenolic OH excluding ortho intramolecular Hbond substituents is 2. The van der Waals surface area contributed by atoms with E-state index in [0.29, 0.717) is 0 Å². The normalized spacial score (nSPS) is 9.93. The van der Waals surface area contributed by atoms with Crippen molar-refractivity contribution < 1.29 is 30.0 Å². The van der Waals surface area contributed by atoms with E-state index in [9.17, 15) is 19.8 Å². The van der Waals surface area contributed by atoms with Gasteiger partial charge in [-0.15, -0.1) is 0 Å². The fraction of sp³-hybridized carbons (Fsp3) is 0.333. The SMILES string of the molecule is CC(C)(c1ccc(O)cc1)c1ccc(O)cc1.CCC(=O)O.CCC(=O)O. The van der Waals surface area contributed by atoms with E-state index in [4.69, 9.17) is 10.2 Å². The summed E-state index contributed by atoms with van der Waals surface area (Å²) in [5.74, 6) is -0.944. The van der Waals surface area contributed by atoms with E-state index >= 15 is 0 Å². The molecule has 6 heteroatoms. The van der Waals surface area contributed by atoms with Crippen LogP contribution in [0.4, 0.5) is 0 Å². The van der Waals surface area contributed by atoms with E-state index < -0.39 is 11.9 Å². The van der Waals surface area contributed by atoms with E-state index in [2.05, 4.69) is 13.8 Å². The molecule has 0 aliphatic rings. The molecule has 0 saturated heterocycles. The molecule has 0 aliphatic carbocycles. The van der Waals surface area contributed by atoms with E-state index in [0.717, 1.165) is 11.1 Å². The highest BCUT2D eigenvalue weighted by atomic mass is 16.4. The van der Waals surface area contributed by atoms with E-state index in [1.165, 1.54) is 0 Å². The summed E-state index contributed by atoms with van der Waals surface area (Å²) < 4.78 is 0. The molecule has 0 atom stereocenters. The minimum atomic E-state index is -0.745. The quantitative estimate of drug-likeness (QED) is 0.629. The Morgan fingerprint density at radius 3 is 1.11 bits per heavy atom. The summed E-state index contributed by atoms with van der Waals surface area (Å²) in [5.41, 5.74) is 2.10. The second kappa shape index (κ2) is 11.6. The van der Waals surface area contributed by atoms with Gasteiger partial charge in [-0.2, -0.15) is 0 Å². The van der Waals surface area contributed by atoms with Crippen LogP contribution in [0.3, 0.4) is 0 Å². The molecule has 0 saturated carbocycles. The Kier molecular flexibility index (Phi) is 10.3. The molecule has 0 amide bonds. The molecule has 0 unspecified atom stereocenters. The average Bonchev–Trinajstić information content (AvgIpc) is 2.63. The van der Waals surface area contributed by atoms with Gasteiger partial charge in [-0.3, -0.25) is 9.59 Å². The monoisotopic (exact) mass is 376 g/mol. The summed E-state index contributed by atoms with van der Waals surface area (Å²) in [6.45, 7) is 7.43. The first-order chi connectivity index (χ1) is 12.5. The molecule has 27 heavy (non-hydrogen) atoms. The van der Waals surface area contributed by atoms with Crippen LogP contribution in [0.1, 0.15) is 51.7 Å². The van der Waals surface area contributed by atoms with Crippen LogP contribution >= 0.6 is 0 Å². The number of benzene rings is 2. The maximum atomic E-state index is 9.37. The van der Waals surface area contributed by atoms with Gasteiger partial charge in [-0.05, 0) is 35.4 Å². The molecule has 0 bridgehead atoms. The lowest BCUT2D eigenvalue weighted by Gasteiger charge is -2.26. The molecule has 6 nitrogen and oxygen atoms in total. The van der Waals surface area contributed by atoms with Crippen molar-refractivity contribution in [2.45, 2.75) is 46.0 Å². The number of hydrogen-bond donors (Lipinski definition) is 4. The summed E-state index contributed by atoms with van der Waals surface area (Å²) >= 11 is 0. The lowest BCUT2D eigenvalue weighted by atomic mass is 9.78. The molecule has 0 fully saturated rings. The van der Waals surface area contributed by atoms with Crippen molar-refractivity contribution in [3.63, 3.8) is 0 Å². The molecule has 148 valence electrons. The summed E-state index contributed by atoms with van der Waals surface area (Å²) in [7, 11) is 0. The predicted molar refractivity (Wildman–Crippen MR) is 104 cm³/mol. The lowest BCUT2D eigenvalue weighted by Crippen LogP contribution is -2.18. The second-order valence-electron chi connectivity index (χ2n) is 6.21. The molecular formula is C21H28O6. The van der Waals surface area contributed by atoms with Crippen LogP contribution in [0, 0.1) is 0 Å². The second-order valence-corrected chi connectivity index (χ2v) is 6.21. The number of carboxylic acid groups (broad SMARTS) is 2. The third-order valence-corrected chi connectivity index (χ3v) is 3.78. The molecule has 0 heterocycles. The zero-order valence-electron chi connectivity index (χ0n) is 16.1. The minimum Gasteiger partial charge on any atom is -0.508 e. The summed E-state index contributed by atoms with van der Waals surface area (Å²) in [6, 6.07) is 14.4. The van der Waals surface area contributed by atoms with Crippen molar-refractivity contribution in [2.24, 2.45) is 0 Å². The topological polar surface area (TPSA) is 115 Å². The van der Waals surface area contributed by atoms with Crippen molar-refractivity contribution in [3.8, 4) is 11.5 Å². The van der Waals surface area contributed by atoms with Crippen LogP contribution in [-0.2, 0) is 15.0 Å². The zero-order chi connectivity index (χ0) is 21.0. The summed E-state index contributed by atoms with van der Waals surface area (Å²) in [6.07, 6.45) is 0.444. The highest BCUT2D eigenvalue weighted by Crippen LogP contribution is 2.32. The Morgan fingerprint density at radius 2 is 0.926 bits per heavy atom. The van der Waals surface area contributed by atoms with Gasteiger partial charge in [0, 0.05) is 18.3 Å². The van der Waals surface area contributed by atoms with Crippen molar-refractivity contribution in [2.75, 3.05) is 0 Å². The summed E-state index contributed by atoms with van der Waals surface area (Å²) in [5, 5.41) is 34.0. The van der Waals surface area contributed by atoms with Gasteiger partial charge in [-0.25, -0.2) is 0 Å². The third kappa shape index (κ3) is 9.30. The van der Waals surface area contributed by atoms with Crippen LogP contribution in [-0.4, -0.2) is 32.4 Å². The van der Waals surface area contributed by atoms with Crippen LogP contribution < -0.4 is 0 Å². The highest BCUT2D eigenvalue weighted by Gasteiger charge is 2.22. The number of carboxylic acids is 2. The van der Waals surface area contributed by atoms with Gasteiger partial charge >= 0.3 is 11.9 Å². The van der Waals surface area contributed by atoms with E-state index in [1.54, 1.807) is 38.1 Å². The molecule has 0 radical (unpaired) electrons. The maximum Gasteiger partial charge on any atom is 0.303 e. The van der Waals surface area contributed by atoms with E-state index in [1.807, 2.05) is 24.3 Å². The van der Waals surface area contributed by atoms with Gasteiger partial charge in [0.25, 0.3) is 0 Å². The van der Waals surface area contributed by atoms with Gasteiger partial charge in [-0.1, -0.05) is 52.0 Å². The summed E-state index contributed by atoms with van der Waals surface area (Å²) in [4.78, 5) is 18.7. The van der Waals surface area contributed by atoms with Crippen LogP contribution in [0.5, 0.6) is 11.5 Å². The largest absolute Gasteiger partial charge is 0.508 e. The molecule has 4 N–H and O–H groups in total. The molecular weight excluding hydrogens is 348 g/mol. The lowest BCUT2D eigenvalue weighted by molar-refractivity contribution is -0.137. The van der Waals surface area contributed by atoms with Crippen LogP contribution in [0.15, 0.2) is 48.5 Å². The molecule has 0 aliphatic heterocycles. The Bertz CT molecular complexity index is 641. The van der Waals surface area contributed by atoms with Gasteiger partial charge in [0.05, 0.1) is 0 Å². The smallest absolute Gasteiger partial charge is 0.303 e. The zero-order valence-corrected chi connectivity index (χ0v) is 16.1. The molecule has 2 aromatic carbocycles. The van der Waals surface area contributed by atoms with E-state index in [-0.39, 0.29) is 29.8 Å². The first kappa shape index (κ1) is 24.0. The number of carbonyl (C=O) groups is 2. The first-order valence-electron chi connectivity index (χ1n) is 8.57. The van der Waals surface area contributed by atoms with Crippen molar-refractivity contribution in [1.29, 1.82) is 0 Å². The Hall–Kier alpha value is -3.02. The van der Waals surface area contributed by atoms with Crippen LogP contribution in [0.2, 0.25) is 0 Å². The number of hydrogen-bond acceptors (Lipinski definition) is 4. The highest BCUT2D eigenvalue weighted by molar-refractivity contribution is 5.66. The standard InChI is InChI=1S/C15H16O2.2C3H6O2/c1-15(2,11-3-7-13(16)8-4-11)12-5-9-14(17)10-6-12;2*1-2-3(4)5/h3-10,16-17H,1-2H3;2*2H2,1H3,(H,4,5). The number of phenols is 2. The third-order valence-electron chi connectivity index (χ3n) is 3.78. The Balaban J connectivity index is 0.000000563. The van der Waals surface area contributed by atoms with Crippen molar-refractivity contribution >= 4 is 11.9 Å². The Morgan fingerprint density at radius 1 is 0.704 bits per heavy atom. The molecule has 0 aromatic heterocycles.